The number of hydrogen-bond acceptors (Lipinski definition) is 4. The van der Waals surface area contributed by atoms with E-state index in [9.17, 15) is 4.21 Å². The van der Waals surface area contributed by atoms with Gasteiger partial charge in [0.05, 0.1) is 17.4 Å². The van der Waals surface area contributed by atoms with Crippen molar-refractivity contribution in [2.24, 2.45) is 0 Å². The van der Waals surface area contributed by atoms with E-state index in [1.807, 2.05) is 30.3 Å². The first-order valence-electron chi connectivity index (χ1n) is 7.59. The van der Waals surface area contributed by atoms with E-state index in [-0.39, 0.29) is 0 Å². The van der Waals surface area contributed by atoms with Gasteiger partial charge in [0.15, 0.2) is 0 Å². The molecule has 0 saturated carbocycles. The van der Waals surface area contributed by atoms with Crippen LogP contribution in [0.5, 0.6) is 0 Å². The molecule has 0 radical (unpaired) electrons. The molecule has 5 heteroatoms. The molecule has 1 aliphatic heterocycles. The summed E-state index contributed by atoms with van der Waals surface area (Å²) in [5.41, 5.74) is 0. The molecule has 0 aromatic heterocycles. The molecule has 2 unspecified atom stereocenters. The number of methoxy groups -OCH3 is 1. The number of piperazine rings is 1. The third-order valence-electron chi connectivity index (χ3n) is 4.03. The van der Waals surface area contributed by atoms with Crippen molar-refractivity contribution in [3.63, 3.8) is 0 Å². The number of hydrogen-bond donors (Lipinski definition) is 0. The number of ether oxygens (including phenoxy) is 1. The van der Waals surface area contributed by atoms with E-state index in [1.165, 1.54) is 0 Å². The van der Waals surface area contributed by atoms with E-state index in [4.69, 9.17) is 4.74 Å². The van der Waals surface area contributed by atoms with Crippen molar-refractivity contribution in [1.82, 2.24) is 9.80 Å². The Balaban J connectivity index is 1.74. The van der Waals surface area contributed by atoms with Gasteiger partial charge in [0, 0.05) is 56.5 Å². The fraction of sp³-hybridized carbons (Fsp3) is 0.625. The summed E-state index contributed by atoms with van der Waals surface area (Å²) >= 11 is 0. The molecule has 0 bridgehead atoms. The minimum Gasteiger partial charge on any atom is -0.383 e. The summed E-state index contributed by atoms with van der Waals surface area (Å²) in [6, 6.07) is 10.3. The van der Waals surface area contributed by atoms with Crippen LogP contribution < -0.4 is 0 Å². The lowest BCUT2D eigenvalue weighted by molar-refractivity contribution is 0.0618. The molecule has 1 heterocycles. The first kappa shape index (κ1) is 16.6. The quantitative estimate of drug-likeness (QED) is 0.763. The molecule has 0 aliphatic carbocycles. The smallest absolute Gasteiger partial charge is 0.0589 e. The van der Waals surface area contributed by atoms with Crippen molar-refractivity contribution in [3.8, 4) is 0 Å². The summed E-state index contributed by atoms with van der Waals surface area (Å²) in [7, 11) is 0.865. The van der Waals surface area contributed by atoms with Crippen molar-refractivity contribution >= 4 is 10.8 Å². The van der Waals surface area contributed by atoms with Crippen LogP contribution in [-0.2, 0) is 15.5 Å². The molecule has 21 heavy (non-hydrogen) atoms. The third kappa shape index (κ3) is 5.18. The highest BCUT2D eigenvalue weighted by atomic mass is 32.2. The van der Waals surface area contributed by atoms with Gasteiger partial charge in [-0.25, -0.2) is 0 Å². The molecule has 0 spiro atoms. The van der Waals surface area contributed by atoms with Crippen LogP contribution in [0.15, 0.2) is 35.2 Å². The van der Waals surface area contributed by atoms with Crippen LogP contribution in [-0.4, -0.2) is 72.2 Å². The number of benzene rings is 1. The summed E-state index contributed by atoms with van der Waals surface area (Å²) in [5, 5.41) is 0. The molecule has 0 N–H and O–H groups in total. The molecule has 1 fully saturated rings. The summed E-state index contributed by atoms with van der Waals surface area (Å²) < 4.78 is 17.4. The molecule has 2 rings (SSSR count). The predicted molar refractivity (Wildman–Crippen MR) is 87.1 cm³/mol. The van der Waals surface area contributed by atoms with Crippen molar-refractivity contribution < 1.29 is 8.95 Å². The summed E-state index contributed by atoms with van der Waals surface area (Å²) in [5.74, 6) is 0.717. The second-order valence-electron chi connectivity index (χ2n) is 5.54. The van der Waals surface area contributed by atoms with Crippen LogP contribution in [0.1, 0.15) is 6.92 Å². The van der Waals surface area contributed by atoms with Gasteiger partial charge in [-0.2, -0.15) is 0 Å². The van der Waals surface area contributed by atoms with E-state index in [0.29, 0.717) is 6.04 Å². The van der Waals surface area contributed by atoms with Crippen LogP contribution in [0.3, 0.4) is 0 Å². The van der Waals surface area contributed by atoms with Gasteiger partial charge in [-0.1, -0.05) is 18.2 Å². The Morgan fingerprint density at radius 1 is 1.24 bits per heavy atom. The van der Waals surface area contributed by atoms with Crippen LogP contribution in [0.2, 0.25) is 0 Å². The molecule has 1 aromatic rings. The van der Waals surface area contributed by atoms with E-state index < -0.39 is 10.8 Å². The van der Waals surface area contributed by atoms with E-state index in [1.54, 1.807) is 7.11 Å². The van der Waals surface area contributed by atoms with Gasteiger partial charge in [-0.3, -0.25) is 14.0 Å². The lowest BCUT2D eigenvalue weighted by atomic mass is 10.2. The van der Waals surface area contributed by atoms with Gasteiger partial charge in [0.2, 0.25) is 0 Å². The monoisotopic (exact) mass is 310 g/mol. The molecule has 4 nitrogen and oxygen atoms in total. The average molecular weight is 310 g/mol. The maximum absolute atomic E-state index is 12.2. The molecule has 0 amide bonds. The fourth-order valence-electron chi connectivity index (χ4n) is 2.72. The van der Waals surface area contributed by atoms with E-state index in [2.05, 4.69) is 16.7 Å². The van der Waals surface area contributed by atoms with Gasteiger partial charge in [-0.05, 0) is 19.1 Å². The highest BCUT2D eigenvalue weighted by Gasteiger charge is 2.23. The third-order valence-corrected chi connectivity index (χ3v) is 5.38. The second kappa shape index (κ2) is 8.63. The molecule has 118 valence electrons. The lowest BCUT2D eigenvalue weighted by Gasteiger charge is -2.39. The minimum atomic E-state index is -0.885. The standard InChI is InChI=1S/C16H26N2O2S/c1-15-14-17(8-9-18(15)10-12-20-2)11-13-21(19)16-6-4-3-5-7-16/h3-7,15H,8-14H2,1-2H3. The first-order valence-corrected chi connectivity index (χ1v) is 8.91. The average Bonchev–Trinajstić information content (AvgIpc) is 2.52. The normalized spacial score (nSPS) is 22.3. The predicted octanol–water partition coefficient (Wildman–Crippen LogP) is 1.45. The van der Waals surface area contributed by atoms with Gasteiger partial charge < -0.3 is 4.74 Å². The Hall–Kier alpha value is -0.750. The Morgan fingerprint density at radius 3 is 2.67 bits per heavy atom. The SMILES string of the molecule is COCCN1CCN(CCS(=O)c2ccccc2)CC1C. The van der Waals surface area contributed by atoms with Crippen LogP contribution >= 0.6 is 0 Å². The molecular weight excluding hydrogens is 284 g/mol. The van der Waals surface area contributed by atoms with E-state index in [0.717, 1.165) is 50.0 Å². The van der Waals surface area contributed by atoms with Gasteiger partial charge in [0.1, 0.15) is 0 Å². The maximum atomic E-state index is 12.2. The van der Waals surface area contributed by atoms with Gasteiger partial charge in [-0.15, -0.1) is 0 Å². The Labute approximate surface area is 130 Å². The summed E-state index contributed by atoms with van der Waals surface area (Å²) in [4.78, 5) is 5.83. The van der Waals surface area contributed by atoms with E-state index >= 15 is 0 Å². The molecule has 1 saturated heterocycles. The Kier molecular flexibility index (Phi) is 6.83. The van der Waals surface area contributed by atoms with Gasteiger partial charge >= 0.3 is 0 Å². The summed E-state index contributed by atoms with van der Waals surface area (Å²) in [6.07, 6.45) is 0. The zero-order chi connectivity index (χ0) is 15.1. The first-order chi connectivity index (χ1) is 10.2. The summed E-state index contributed by atoms with van der Waals surface area (Å²) in [6.45, 7) is 8.14. The highest BCUT2D eigenvalue weighted by molar-refractivity contribution is 7.85. The van der Waals surface area contributed by atoms with Crippen LogP contribution in [0.4, 0.5) is 0 Å². The van der Waals surface area contributed by atoms with Crippen molar-refractivity contribution in [2.75, 3.05) is 52.2 Å². The van der Waals surface area contributed by atoms with Crippen LogP contribution in [0, 0.1) is 0 Å². The zero-order valence-corrected chi connectivity index (χ0v) is 13.8. The van der Waals surface area contributed by atoms with Crippen molar-refractivity contribution in [3.05, 3.63) is 30.3 Å². The highest BCUT2D eigenvalue weighted by Crippen LogP contribution is 2.11. The lowest BCUT2D eigenvalue weighted by Crippen LogP contribution is -2.53. The van der Waals surface area contributed by atoms with Crippen molar-refractivity contribution in [1.29, 1.82) is 0 Å². The largest absolute Gasteiger partial charge is 0.383 e. The molecular formula is C16H26N2O2S. The second-order valence-corrected chi connectivity index (χ2v) is 7.11. The topological polar surface area (TPSA) is 32.8 Å². The number of rotatable bonds is 7. The molecule has 1 aliphatic rings. The fourth-order valence-corrected chi connectivity index (χ4v) is 3.84. The maximum Gasteiger partial charge on any atom is 0.0589 e. The molecule has 2 atom stereocenters. The minimum absolute atomic E-state index is 0.541. The van der Waals surface area contributed by atoms with Gasteiger partial charge in [0.25, 0.3) is 0 Å². The zero-order valence-electron chi connectivity index (χ0n) is 13.0. The molecule has 1 aromatic carbocycles. The number of nitrogens with zero attached hydrogens (tertiary/aromatic N) is 2. The van der Waals surface area contributed by atoms with Crippen molar-refractivity contribution in [2.45, 2.75) is 17.9 Å². The Morgan fingerprint density at radius 2 is 2.00 bits per heavy atom. The Bertz CT molecular complexity index is 441. The van der Waals surface area contributed by atoms with Crippen LogP contribution in [0.25, 0.3) is 0 Å².